The Hall–Kier alpha value is -2.92. The first-order chi connectivity index (χ1) is 18.1. The normalized spacial score (nSPS) is 18.8. The van der Waals surface area contributed by atoms with Gasteiger partial charge in [0.15, 0.2) is 0 Å². The molecule has 2 aliphatic heterocycles. The van der Waals surface area contributed by atoms with Gasteiger partial charge in [-0.25, -0.2) is 0 Å². The standard InChI is InChI=1S/C28H35F3N6O/c1-34-5-9-36(10-6-34)18-21-14-24(15-22(27(21)38)19-37-11-7-35(2)8-12-37)33-25-13-20-3-4-23(28(29,30)31)16-26(20)32-17-25/h3-4,13-17,33,38H,5-12,18-19H2,1-2H3. The molecule has 2 saturated heterocycles. The number of hydrogen-bond acceptors (Lipinski definition) is 7. The lowest BCUT2D eigenvalue weighted by molar-refractivity contribution is -0.137. The second kappa shape index (κ2) is 11.1. The second-order valence-corrected chi connectivity index (χ2v) is 10.6. The summed E-state index contributed by atoms with van der Waals surface area (Å²) in [5.41, 5.74) is 2.82. The number of rotatable bonds is 6. The Morgan fingerprint density at radius 1 is 0.789 bits per heavy atom. The van der Waals surface area contributed by atoms with E-state index in [4.69, 9.17) is 0 Å². The Labute approximate surface area is 221 Å². The van der Waals surface area contributed by atoms with Crippen LogP contribution in [0.4, 0.5) is 24.5 Å². The average Bonchev–Trinajstić information content (AvgIpc) is 2.88. The smallest absolute Gasteiger partial charge is 0.416 e. The number of phenolic OH excluding ortho intramolecular Hbond substituents is 1. The lowest BCUT2D eigenvalue weighted by Crippen LogP contribution is -2.44. The predicted octanol–water partition coefficient (Wildman–Crippen LogP) is 4.20. The lowest BCUT2D eigenvalue weighted by atomic mass is 10.0. The van der Waals surface area contributed by atoms with Gasteiger partial charge in [-0.05, 0) is 44.4 Å². The zero-order chi connectivity index (χ0) is 26.9. The van der Waals surface area contributed by atoms with Crippen molar-refractivity contribution in [3.63, 3.8) is 0 Å². The number of nitrogens with zero attached hydrogens (tertiary/aromatic N) is 5. The van der Waals surface area contributed by atoms with E-state index in [2.05, 4.69) is 44.0 Å². The van der Waals surface area contributed by atoms with Gasteiger partial charge in [-0.3, -0.25) is 14.8 Å². The highest BCUT2D eigenvalue weighted by molar-refractivity contribution is 5.83. The summed E-state index contributed by atoms with van der Waals surface area (Å²) in [5, 5.41) is 15.3. The van der Waals surface area contributed by atoms with Crippen LogP contribution in [0.15, 0.2) is 42.6 Å². The van der Waals surface area contributed by atoms with E-state index >= 15 is 0 Å². The molecule has 0 saturated carbocycles. The van der Waals surface area contributed by atoms with E-state index in [0.29, 0.717) is 35.4 Å². The van der Waals surface area contributed by atoms with Crippen LogP contribution in [0.1, 0.15) is 16.7 Å². The number of aromatic nitrogens is 1. The van der Waals surface area contributed by atoms with Crippen LogP contribution >= 0.6 is 0 Å². The molecule has 0 spiro atoms. The fourth-order valence-electron chi connectivity index (χ4n) is 5.10. The van der Waals surface area contributed by atoms with Crippen molar-refractivity contribution in [3.05, 3.63) is 59.3 Å². The SMILES string of the molecule is CN1CCN(Cc2cc(Nc3cnc4cc(C(F)(F)F)ccc4c3)cc(CN3CCN(C)CC3)c2O)CC1. The molecule has 0 radical (unpaired) electrons. The second-order valence-electron chi connectivity index (χ2n) is 10.6. The Morgan fingerprint density at radius 2 is 1.34 bits per heavy atom. The maximum atomic E-state index is 13.1. The molecule has 2 aliphatic rings. The Kier molecular flexibility index (Phi) is 7.76. The number of nitrogens with one attached hydrogen (secondary N) is 1. The van der Waals surface area contributed by atoms with Crippen molar-refractivity contribution in [2.45, 2.75) is 19.3 Å². The van der Waals surface area contributed by atoms with Gasteiger partial charge < -0.3 is 20.2 Å². The number of benzene rings is 2. The molecule has 38 heavy (non-hydrogen) atoms. The number of pyridine rings is 1. The number of phenols is 1. The van der Waals surface area contributed by atoms with E-state index in [0.717, 1.165) is 81.3 Å². The molecule has 2 aromatic carbocycles. The van der Waals surface area contributed by atoms with Gasteiger partial charge in [-0.2, -0.15) is 13.2 Å². The molecule has 204 valence electrons. The molecule has 0 aliphatic carbocycles. The predicted molar refractivity (Wildman–Crippen MR) is 144 cm³/mol. The van der Waals surface area contributed by atoms with Gasteiger partial charge in [-0.15, -0.1) is 0 Å². The first-order valence-electron chi connectivity index (χ1n) is 13.0. The highest BCUT2D eigenvalue weighted by Crippen LogP contribution is 2.34. The van der Waals surface area contributed by atoms with Gasteiger partial charge in [0.05, 0.1) is 23.0 Å². The zero-order valence-corrected chi connectivity index (χ0v) is 21.9. The van der Waals surface area contributed by atoms with E-state index in [-0.39, 0.29) is 0 Å². The van der Waals surface area contributed by atoms with E-state index in [1.165, 1.54) is 6.07 Å². The number of hydrogen-bond donors (Lipinski definition) is 2. The lowest BCUT2D eigenvalue weighted by Gasteiger charge is -2.34. The summed E-state index contributed by atoms with van der Waals surface area (Å²) in [7, 11) is 4.24. The van der Waals surface area contributed by atoms with Crippen LogP contribution in [0.3, 0.4) is 0 Å². The van der Waals surface area contributed by atoms with Crippen LogP contribution in [-0.4, -0.2) is 96.1 Å². The van der Waals surface area contributed by atoms with Crippen LogP contribution in [-0.2, 0) is 19.3 Å². The summed E-state index contributed by atoms with van der Waals surface area (Å²) in [5.74, 6) is 0.338. The maximum absolute atomic E-state index is 13.1. The first kappa shape index (κ1) is 26.7. The molecular weight excluding hydrogens is 493 g/mol. The molecular formula is C28H35F3N6O. The molecule has 0 atom stereocenters. The van der Waals surface area contributed by atoms with Crippen molar-refractivity contribution in [1.29, 1.82) is 0 Å². The molecule has 3 heterocycles. The van der Waals surface area contributed by atoms with Crippen LogP contribution < -0.4 is 5.32 Å². The summed E-state index contributed by atoms with van der Waals surface area (Å²) >= 11 is 0. The minimum Gasteiger partial charge on any atom is -0.507 e. The number of piperazine rings is 2. The number of fused-ring (bicyclic) bond motifs is 1. The third-order valence-corrected chi connectivity index (χ3v) is 7.55. The number of aromatic hydroxyl groups is 1. The molecule has 2 fully saturated rings. The van der Waals surface area contributed by atoms with Crippen molar-refractivity contribution in [2.24, 2.45) is 0 Å². The van der Waals surface area contributed by atoms with Crippen molar-refractivity contribution in [2.75, 3.05) is 71.8 Å². The van der Waals surface area contributed by atoms with Crippen LogP contribution in [0.5, 0.6) is 5.75 Å². The van der Waals surface area contributed by atoms with Gasteiger partial charge in [0.1, 0.15) is 5.75 Å². The maximum Gasteiger partial charge on any atom is 0.416 e. The van der Waals surface area contributed by atoms with E-state index in [1.54, 1.807) is 12.3 Å². The molecule has 7 nitrogen and oxygen atoms in total. The Morgan fingerprint density at radius 3 is 1.87 bits per heavy atom. The van der Waals surface area contributed by atoms with Crippen LogP contribution in [0.25, 0.3) is 10.9 Å². The monoisotopic (exact) mass is 528 g/mol. The van der Waals surface area contributed by atoms with Crippen molar-refractivity contribution >= 4 is 22.3 Å². The van der Waals surface area contributed by atoms with Crippen molar-refractivity contribution in [1.82, 2.24) is 24.6 Å². The van der Waals surface area contributed by atoms with Crippen molar-refractivity contribution in [3.8, 4) is 5.75 Å². The van der Waals surface area contributed by atoms with Gasteiger partial charge >= 0.3 is 6.18 Å². The first-order valence-corrected chi connectivity index (χ1v) is 13.0. The summed E-state index contributed by atoms with van der Waals surface area (Å²) in [6.45, 7) is 9.04. The molecule has 5 rings (SSSR count). The number of alkyl halides is 3. The summed E-state index contributed by atoms with van der Waals surface area (Å²) < 4.78 is 39.3. The van der Waals surface area contributed by atoms with Gasteiger partial charge in [0.25, 0.3) is 0 Å². The molecule has 2 N–H and O–H groups in total. The third kappa shape index (κ3) is 6.37. The van der Waals surface area contributed by atoms with E-state index < -0.39 is 11.7 Å². The number of likely N-dealkylation sites (N-methyl/N-ethyl adjacent to an activating group) is 2. The van der Waals surface area contributed by atoms with Gasteiger partial charge in [-0.1, -0.05) is 6.07 Å². The Bertz CT molecular complexity index is 1220. The molecule has 10 heteroatoms. The van der Waals surface area contributed by atoms with E-state index in [9.17, 15) is 18.3 Å². The minimum atomic E-state index is -4.40. The highest BCUT2D eigenvalue weighted by Gasteiger charge is 2.30. The average molecular weight is 529 g/mol. The van der Waals surface area contributed by atoms with Gasteiger partial charge in [0.2, 0.25) is 0 Å². The zero-order valence-electron chi connectivity index (χ0n) is 21.9. The van der Waals surface area contributed by atoms with Gasteiger partial charge in [0, 0.05) is 87.6 Å². The van der Waals surface area contributed by atoms with E-state index in [1.807, 2.05) is 12.1 Å². The van der Waals surface area contributed by atoms with Crippen molar-refractivity contribution < 1.29 is 18.3 Å². The molecule has 0 amide bonds. The highest BCUT2D eigenvalue weighted by atomic mass is 19.4. The third-order valence-electron chi connectivity index (χ3n) is 7.55. The fourth-order valence-corrected chi connectivity index (χ4v) is 5.10. The molecule has 0 unspecified atom stereocenters. The summed E-state index contributed by atoms with van der Waals surface area (Å²) in [6, 6.07) is 9.34. The topological polar surface area (TPSA) is 58.1 Å². The minimum absolute atomic E-state index is 0.294. The Balaban J connectivity index is 1.41. The van der Waals surface area contributed by atoms with Crippen LogP contribution in [0, 0.1) is 0 Å². The summed E-state index contributed by atoms with van der Waals surface area (Å²) in [6.07, 6.45) is -2.85. The summed E-state index contributed by atoms with van der Waals surface area (Å²) in [4.78, 5) is 13.6. The number of halogens is 3. The number of anilines is 2. The van der Waals surface area contributed by atoms with Crippen LogP contribution in [0.2, 0.25) is 0 Å². The molecule has 3 aromatic rings. The molecule has 1 aromatic heterocycles. The molecule has 0 bridgehead atoms. The fraction of sp³-hybridized carbons (Fsp3) is 0.464. The largest absolute Gasteiger partial charge is 0.507 e. The quantitative estimate of drug-likeness (QED) is 0.465.